The number of hydrogen-bond donors (Lipinski definition) is 2. The third-order valence-electron chi connectivity index (χ3n) is 2.60. The minimum absolute atomic E-state index is 0.136. The molecule has 1 heterocycles. The SMILES string of the molecule is COc1ccc(-c2nc(SCC(=O)O)n[nH]2)cc1[N+](=O)OC. The summed E-state index contributed by atoms with van der Waals surface area (Å²) in [6.45, 7) is 0. The van der Waals surface area contributed by atoms with Crippen molar-refractivity contribution in [2.45, 2.75) is 5.16 Å². The van der Waals surface area contributed by atoms with E-state index in [9.17, 15) is 9.70 Å². The van der Waals surface area contributed by atoms with Crippen LogP contribution in [0.5, 0.6) is 5.75 Å². The van der Waals surface area contributed by atoms with Gasteiger partial charge < -0.3 is 9.84 Å². The highest BCUT2D eigenvalue weighted by molar-refractivity contribution is 7.99. The number of aromatic amines is 1. The van der Waals surface area contributed by atoms with E-state index in [1.807, 2.05) is 0 Å². The first kappa shape index (κ1) is 15.8. The van der Waals surface area contributed by atoms with Crippen LogP contribution in [0.1, 0.15) is 0 Å². The fraction of sp³-hybridized carbons (Fsp3) is 0.250. The number of ether oxygens (including phenoxy) is 1. The van der Waals surface area contributed by atoms with Crippen LogP contribution in [0.25, 0.3) is 11.4 Å². The summed E-state index contributed by atoms with van der Waals surface area (Å²) in [4.78, 5) is 31.3. The second-order valence-corrected chi connectivity index (χ2v) is 4.92. The molecule has 0 bridgehead atoms. The number of H-pyrrole nitrogens is 1. The lowest BCUT2D eigenvalue weighted by Crippen LogP contribution is -2.01. The zero-order chi connectivity index (χ0) is 16.1. The van der Waals surface area contributed by atoms with Gasteiger partial charge in [0.05, 0.1) is 17.8 Å². The fourth-order valence-corrected chi connectivity index (χ4v) is 2.16. The molecule has 9 nitrogen and oxygen atoms in total. The Hall–Kier alpha value is -2.62. The van der Waals surface area contributed by atoms with Crippen LogP contribution in [0, 0.1) is 4.91 Å². The van der Waals surface area contributed by atoms with Crippen molar-refractivity contribution >= 4 is 23.4 Å². The summed E-state index contributed by atoms with van der Waals surface area (Å²) in [5.74, 6) is -0.338. The van der Waals surface area contributed by atoms with Gasteiger partial charge in [-0.1, -0.05) is 11.8 Å². The first-order valence-corrected chi connectivity index (χ1v) is 7.00. The maximum absolute atomic E-state index is 11.7. The second kappa shape index (κ2) is 6.89. The summed E-state index contributed by atoms with van der Waals surface area (Å²) >= 11 is 0.992. The van der Waals surface area contributed by atoms with Crippen LogP contribution in [0.3, 0.4) is 0 Å². The van der Waals surface area contributed by atoms with Gasteiger partial charge >= 0.3 is 11.7 Å². The molecule has 2 aromatic rings. The molecule has 116 valence electrons. The second-order valence-electron chi connectivity index (χ2n) is 3.98. The first-order valence-electron chi connectivity index (χ1n) is 6.02. The van der Waals surface area contributed by atoms with Crippen molar-refractivity contribution in [3.05, 3.63) is 23.1 Å². The maximum Gasteiger partial charge on any atom is 0.358 e. The topological polar surface area (TPSA) is 117 Å². The molecule has 0 aliphatic rings. The Balaban J connectivity index is 2.29. The van der Waals surface area contributed by atoms with Gasteiger partial charge in [0.25, 0.3) is 4.92 Å². The molecule has 2 N–H and O–H groups in total. The molecule has 22 heavy (non-hydrogen) atoms. The molecule has 0 saturated carbocycles. The summed E-state index contributed by atoms with van der Waals surface area (Å²) in [5, 5.41) is 15.5. The number of hydrogen-bond acceptors (Lipinski definition) is 7. The predicted octanol–water partition coefficient (Wildman–Crippen LogP) is 1.63. The molecule has 0 aliphatic heterocycles. The van der Waals surface area contributed by atoms with Crippen LogP contribution in [-0.2, 0) is 9.63 Å². The average Bonchev–Trinajstić information content (AvgIpc) is 3.00. The van der Waals surface area contributed by atoms with E-state index in [0.717, 1.165) is 11.8 Å². The van der Waals surface area contributed by atoms with E-state index in [1.54, 1.807) is 12.1 Å². The van der Waals surface area contributed by atoms with E-state index in [-0.39, 0.29) is 11.4 Å². The van der Waals surface area contributed by atoms with E-state index in [4.69, 9.17) is 9.84 Å². The normalized spacial score (nSPS) is 10.3. The van der Waals surface area contributed by atoms with Crippen molar-refractivity contribution in [1.29, 1.82) is 0 Å². The maximum atomic E-state index is 11.7. The third-order valence-corrected chi connectivity index (χ3v) is 3.44. The number of rotatable bonds is 7. The lowest BCUT2D eigenvalue weighted by Gasteiger charge is -2.01. The summed E-state index contributed by atoms with van der Waals surface area (Å²) in [5.41, 5.74) is 0.766. The van der Waals surface area contributed by atoms with Gasteiger partial charge in [0, 0.05) is 11.6 Å². The minimum atomic E-state index is -0.954. The molecule has 0 radical (unpaired) electrons. The minimum Gasteiger partial charge on any atom is -0.490 e. The first-order chi connectivity index (χ1) is 10.5. The lowest BCUT2D eigenvalue weighted by atomic mass is 10.2. The van der Waals surface area contributed by atoms with Crippen molar-refractivity contribution in [2.24, 2.45) is 0 Å². The molecular weight excluding hydrogens is 312 g/mol. The molecule has 0 amide bonds. The quantitative estimate of drug-likeness (QED) is 0.582. The van der Waals surface area contributed by atoms with Crippen LogP contribution >= 0.6 is 11.8 Å². The van der Waals surface area contributed by atoms with Gasteiger partial charge in [-0.3, -0.25) is 9.89 Å². The third kappa shape index (κ3) is 3.52. The number of methoxy groups -OCH3 is 1. The number of nitrogens with one attached hydrogen (secondary N) is 1. The summed E-state index contributed by atoms with van der Waals surface area (Å²) in [6, 6.07) is 4.82. The van der Waals surface area contributed by atoms with Crippen LogP contribution < -0.4 is 4.74 Å². The van der Waals surface area contributed by atoms with Gasteiger partial charge in [-0.25, -0.2) is 9.82 Å². The number of thioether (sulfide) groups is 1. The van der Waals surface area contributed by atoms with E-state index in [1.165, 1.54) is 20.3 Å². The van der Waals surface area contributed by atoms with Crippen molar-refractivity contribution in [1.82, 2.24) is 15.2 Å². The van der Waals surface area contributed by atoms with E-state index >= 15 is 0 Å². The number of carboxylic acids is 1. The highest BCUT2D eigenvalue weighted by atomic mass is 32.2. The van der Waals surface area contributed by atoms with Gasteiger partial charge in [-0.05, 0) is 12.1 Å². The molecule has 1 aromatic carbocycles. The molecule has 0 spiro atoms. The van der Waals surface area contributed by atoms with E-state index in [0.29, 0.717) is 27.2 Å². The zero-order valence-electron chi connectivity index (χ0n) is 11.8. The van der Waals surface area contributed by atoms with Crippen molar-refractivity contribution in [3.63, 3.8) is 0 Å². The average molecular weight is 325 g/mol. The Kier molecular flexibility index (Phi) is 4.94. The van der Waals surface area contributed by atoms with Gasteiger partial charge in [-0.15, -0.1) is 5.10 Å². The Morgan fingerprint density at radius 3 is 2.86 bits per heavy atom. The van der Waals surface area contributed by atoms with Crippen LogP contribution in [0.15, 0.2) is 23.4 Å². The monoisotopic (exact) mass is 325 g/mol. The highest BCUT2D eigenvalue weighted by Crippen LogP contribution is 2.31. The lowest BCUT2D eigenvalue weighted by molar-refractivity contribution is -0.736. The molecule has 0 atom stereocenters. The number of carboxylic acid groups (broad SMARTS) is 1. The summed E-state index contributed by atoms with van der Waals surface area (Å²) in [6.07, 6.45) is 0. The molecule has 0 fully saturated rings. The van der Waals surface area contributed by atoms with Crippen LogP contribution in [0.2, 0.25) is 0 Å². The molecular formula is C12H13N4O5S+. The highest BCUT2D eigenvalue weighted by Gasteiger charge is 2.23. The summed E-state index contributed by atoms with van der Waals surface area (Å²) < 4.78 is 5.09. The Labute approximate surface area is 129 Å². The largest absolute Gasteiger partial charge is 0.490 e. The molecule has 1 aromatic heterocycles. The van der Waals surface area contributed by atoms with Gasteiger partial charge in [0.15, 0.2) is 12.9 Å². The Bertz CT molecular complexity index is 703. The fourth-order valence-electron chi connectivity index (χ4n) is 1.64. The molecule has 0 unspecified atom stereocenters. The van der Waals surface area contributed by atoms with E-state index in [2.05, 4.69) is 20.0 Å². The molecule has 0 saturated heterocycles. The standard InChI is InChI=1S/C12H12N4O5S/c1-20-9-4-3-7(5-8(9)16(19)21-2)11-13-12(15-14-11)22-6-10(17)18/h3-5H,6H2,1-2H3,(H-,13,14,15,17,18)/p+1. The number of nitrogens with zero attached hydrogens (tertiary/aromatic N) is 3. The van der Waals surface area contributed by atoms with Crippen molar-refractivity contribution in [3.8, 4) is 17.1 Å². The Morgan fingerprint density at radius 2 is 2.23 bits per heavy atom. The Morgan fingerprint density at radius 1 is 1.45 bits per heavy atom. The number of aromatic nitrogens is 3. The van der Waals surface area contributed by atoms with Gasteiger partial charge in [-0.2, -0.15) is 0 Å². The van der Waals surface area contributed by atoms with Crippen molar-refractivity contribution < 1.29 is 24.4 Å². The van der Waals surface area contributed by atoms with E-state index < -0.39 is 5.97 Å². The smallest absolute Gasteiger partial charge is 0.358 e. The molecule has 2 rings (SSSR count). The number of carbonyl (C=O) groups is 1. The molecule has 0 aliphatic carbocycles. The number of benzene rings is 1. The van der Waals surface area contributed by atoms with Crippen LogP contribution in [0.4, 0.5) is 5.69 Å². The zero-order valence-corrected chi connectivity index (χ0v) is 12.6. The van der Waals surface area contributed by atoms with Crippen LogP contribution in [-0.4, -0.2) is 51.2 Å². The van der Waals surface area contributed by atoms with Gasteiger partial charge in [0.2, 0.25) is 10.9 Å². The summed E-state index contributed by atoms with van der Waals surface area (Å²) in [7, 11) is 2.69. The predicted molar refractivity (Wildman–Crippen MR) is 77.0 cm³/mol. The molecule has 10 heteroatoms. The van der Waals surface area contributed by atoms with Crippen molar-refractivity contribution in [2.75, 3.05) is 20.0 Å². The number of aliphatic carboxylic acids is 1. The van der Waals surface area contributed by atoms with Gasteiger partial charge in [0.1, 0.15) is 0 Å².